The van der Waals surface area contributed by atoms with Gasteiger partial charge in [0.15, 0.2) is 11.5 Å². The smallest absolute Gasteiger partial charge is 0.261 e. The summed E-state index contributed by atoms with van der Waals surface area (Å²) in [6.45, 7) is 0.593. The van der Waals surface area contributed by atoms with Crippen molar-refractivity contribution in [2.45, 2.75) is 25.4 Å². The number of amides is 1. The van der Waals surface area contributed by atoms with E-state index in [1.54, 1.807) is 13.3 Å². The highest BCUT2D eigenvalue weighted by Gasteiger charge is 2.28. The number of para-hydroxylation sites is 1. The minimum atomic E-state index is -0.00157. The Morgan fingerprint density at radius 3 is 2.96 bits per heavy atom. The molecule has 1 N–H and O–H groups in total. The lowest BCUT2D eigenvalue weighted by atomic mass is 10.1. The number of anilines is 2. The van der Waals surface area contributed by atoms with Gasteiger partial charge in [-0.3, -0.25) is 4.79 Å². The third-order valence-corrected chi connectivity index (χ3v) is 5.95. The highest BCUT2D eigenvalue weighted by atomic mass is 32.1. The Morgan fingerprint density at radius 1 is 1.25 bits per heavy atom. The zero-order chi connectivity index (χ0) is 19.1. The van der Waals surface area contributed by atoms with Crippen molar-refractivity contribution in [2.24, 2.45) is 0 Å². The number of carbonyl (C=O) groups is 1. The van der Waals surface area contributed by atoms with E-state index in [2.05, 4.69) is 15.2 Å². The maximum absolute atomic E-state index is 12.4. The van der Waals surface area contributed by atoms with Crippen LogP contribution in [0, 0.1) is 0 Å². The molecule has 1 amide bonds. The number of methoxy groups -OCH3 is 1. The van der Waals surface area contributed by atoms with Gasteiger partial charge in [0.1, 0.15) is 5.69 Å². The van der Waals surface area contributed by atoms with Crippen LogP contribution in [-0.2, 0) is 6.54 Å². The van der Waals surface area contributed by atoms with E-state index in [-0.39, 0.29) is 5.91 Å². The third kappa shape index (κ3) is 3.07. The van der Waals surface area contributed by atoms with Gasteiger partial charge >= 0.3 is 0 Å². The fraction of sp³-hybridized carbons (Fsp3) is 0.238. The monoisotopic (exact) mass is 393 g/mol. The molecule has 2 aromatic heterocycles. The molecule has 5 rings (SSSR count). The van der Waals surface area contributed by atoms with Crippen LogP contribution in [0.3, 0.4) is 0 Å². The van der Waals surface area contributed by atoms with Gasteiger partial charge in [-0.2, -0.15) is 0 Å². The first-order valence-corrected chi connectivity index (χ1v) is 10.0. The Morgan fingerprint density at radius 2 is 2.14 bits per heavy atom. The van der Waals surface area contributed by atoms with Crippen LogP contribution in [0.25, 0.3) is 0 Å². The molecule has 0 atom stereocenters. The lowest BCUT2D eigenvalue weighted by Gasteiger charge is -2.21. The van der Waals surface area contributed by atoms with Crippen molar-refractivity contribution in [3.05, 3.63) is 59.1 Å². The third-order valence-electron chi connectivity index (χ3n) is 4.84. The second-order valence-electron chi connectivity index (χ2n) is 6.85. The molecular weight excluding hydrogens is 374 g/mol. The number of benzene rings is 1. The number of nitrogens with zero attached hydrogens (tertiary/aromatic N) is 2. The number of hydrogen-bond donors (Lipinski definition) is 1. The maximum Gasteiger partial charge on any atom is 0.261 e. The van der Waals surface area contributed by atoms with E-state index in [4.69, 9.17) is 9.47 Å². The van der Waals surface area contributed by atoms with Crippen LogP contribution in [0.5, 0.6) is 17.4 Å². The van der Waals surface area contributed by atoms with E-state index in [1.807, 2.05) is 42.5 Å². The van der Waals surface area contributed by atoms with E-state index in [9.17, 15) is 4.79 Å². The second kappa shape index (κ2) is 6.83. The van der Waals surface area contributed by atoms with Crippen molar-refractivity contribution in [1.82, 2.24) is 10.3 Å². The molecule has 142 valence electrons. The Labute approximate surface area is 166 Å². The summed E-state index contributed by atoms with van der Waals surface area (Å²) >= 11 is 1.47. The maximum atomic E-state index is 12.4. The molecule has 1 saturated carbocycles. The quantitative estimate of drug-likeness (QED) is 0.708. The molecule has 3 heterocycles. The lowest BCUT2D eigenvalue weighted by molar-refractivity contribution is 0.0955. The van der Waals surface area contributed by atoms with Crippen LogP contribution in [0.15, 0.2) is 48.7 Å². The number of carbonyl (C=O) groups excluding carboxylic acids is 1. The van der Waals surface area contributed by atoms with Gasteiger partial charge in [-0.15, -0.1) is 11.3 Å². The predicted octanol–water partition coefficient (Wildman–Crippen LogP) is 4.49. The zero-order valence-corrected chi connectivity index (χ0v) is 16.2. The summed E-state index contributed by atoms with van der Waals surface area (Å²) in [5, 5.41) is 4.02. The number of pyridine rings is 1. The van der Waals surface area contributed by atoms with E-state index >= 15 is 0 Å². The standard InChI is InChI=1S/C21H19N3O3S/c1-26-16-6-2-4-13-12-24(15-5-3-11-22-21(15)27-19(13)16)18-10-9-17(28-18)20(25)23-14-7-8-14/h2-6,9-11,14H,7-8,12H2,1H3,(H,23,25). The average Bonchev–Trinajstić information content (AvgIpc) is 3.43. The summed E-state index contributed by atoms with van der Waals surface area (Å²) in [6, 6.07) is 13.9. The molecule has 3 aromatic rings. The van der Waals surface area contributed by atoms with Crippen LogP contribution < -0.4 is 19.7 Å². The molecule has 0 spiro atoms. The molecule has 1 aliphatic heterocycles. The number of nitrogens with one attached hydrogen (secondary N) is 1. The molecule has 0 radical (unpaired) electrons. The topological polar surface area (TPSA) is 63.7 Å². The number of thiophene rings is 1. The highest BCUT2D eigenvalue weighted by molar-refractivity contribution is 7.18. The Hall–Kier alpha value is -3.06. The summed E-state index contributed by atoms with van der Waals surface area (Å²) < 4.78 is 11.6. The number of rotatable bonds is 4. The Balaban J connectivity index is 1.55. The molecule has 0 unspecified atom stereocenters. The summed E-state index contributed by atoms with van der Waals surface area (Å²) in [6.07, 6.45) is 3.86. The van der Waals surface area contributed by atoms with Crippen molar-refractivity contribution >= 4 is 27.9 Å². The van der Waals surface area contributed by atoms with Gasteiger partial charge in [0, 0.05) is 17.8 Å². The van der Waals surface area contributed by atoms with E-state index in [0.29, 0.717) is 34.8 Å². The van der Waals surface area contributed by atoms with Gasteiger partial charge in [-0.05, 0) is 43.2 Å². The first-order chi connectivity index (χ1) is 13.7. The molecular formula is C21H19N3O3S. The summed E-state index contributed by atoms with van der Waals surface area (Å²) in [7, 11) is 1.63. The minimum Gasteiger partial charge on any atom is -0.493 e. The number of fused-ring (bicyclic) bond motifs is 2. The Bertz CT molecular complexity index is 1040. The summed E-state index contributed by atoms with van der Waals surface area (Å²) in [5.74, 6) is 1.86. The first-order valence-electron chi connectivity index (χ1n) is 9.20. The van der Waals surface area contributed by atoms with Crippen LogP contribution >= 0.6 is 11.3 Å². The molecule has 0 bridgehead atoms. The molecule has 2 aliphatic rings. The molecule has 1 aliphatic carbocycles. The Kier molecular flexibility index (Phi) is 4.16. The van der Waals surface area contributed by atoms with Crippen LogP contribution in [0.4, 0.5) is 10.7 Å². The van der Waals surface area contributed by atoms with Crippen molar-refractivity contribution in [1.29, 1.82) is 0 Å². The van der Waals surface area contributed by atoms with Gasteiger partial charge in [-0.25, -0.2) is 4.98 Å². The van der Waals surface area contributed by atoms with Gasteiger partial charge < -0.3 is 19.7 Å². The van der Waals surface area contributed by atoms with Crippen LogP contribution in [-0.4, -0.2) is 24.0 Å². The number of hydrogen-bond acceptors (Lipinski definition) is 6. The largest absolute Gasteiger partial charge is 0.493 e. The van der Waals surface area contributed by atoms with Gasteiger partial charge in [0.2, 0.25) is 5.88 Å². The summed E-state index contributed by atoms with van der Waals surface area (Å²) in [5.41, 5.74) is 1.85. The molecule has 1 fully saturated rings. The fourth-order valence-corrected chi connectivity index (χ4v) is 4.18. The van der Waals surface area contributed by atoms with E-state index in [1.165, 1.54) is 11.3 Å². The highest BCUT2D eigenvalue weighted by Crippen LogP contribution is 2.46. The van der Waals surface area contributed by atoms with Crippen LogP contribution in [0.2, 0.25) is 0 Å². The normalized spacial score (nSPS) is 15.1. The molecule has 28 heavy (non-hydrogen) atoms. The van der Waals surface area contributed by atoms with E-state index in [0.717, 1.165) is 29.1 Å². The molecule has 6 nitrogen and oxygen atoms in total. The number of aromatic nitrogens is 1. The molecule has 0 saturated heterocycles. The predicted molar refractivity (Wildman–Crippen MR) is 108 cm³/mol. The van der Waals surface area contributed by atoms with E-state index < -0.39 is 0 Å². The first kappa shape index (κ1) is 17.1. The molecule has 7 heteroatoms. The van der Waals surface area contributed by atoms with Crippen molar-refractivity contribution < 1.29 is 14.3 Å². The lowest BCUT2D eigenvalue weighted by Crippen LogP contribution is -2.24. The minimum absolute atomic E-state index is 0.00157. The van der Waals surface area contributed by atoms with Crippen molar-refractivity contribution in [3.63, 3.8) is 0 Å². The van der Waals surface area contributed by atoms with Gasteiger partial charge in [0.05, 0.1) is 23.5 Å². The van der Waals surface area contributed by atoms with Crippen molar-refractivity contribution in [3.8, 4) is 17.4 Å². The van der Waals surface area contributed by atoms with Gasteiger partial charge in [0.25, 0.3) is 5.91 Å². The second-order valence-corrected chi connectivity index (χ2v) is 7.91. The summed E-state index contributed by atoms with van der Waals surface area (Å²) in [4.78, 5) is 19.7. The van der Waals surface area contributed by atoms with Gasteiger partial charge in [-0.1, -0.05) is 12.1 Å². The number of ether oxygens (including phenoxy) is 2. The fourth-order valence-electron chi connectivity index (χ4n) is 3.26. The molecule has 1 aromatic carbocycles. The van der Waals surface area contributed by atoms with Crippen molar-refractivity contribution in [2.75, 3.05) is 12.0 Å². The SMILES string of the molecule is COc1cccc2c1Oc1ncccc1N(c1ccc(C(=O)NC3CC3)s1)C2. The average molecular weight is 393 g/mol. The van der Waals surface area contributed by atoms with Crippen LogP contribution in [0.1, 0.15) is 28.1 Å². The zero-order valence-electron chi connectivity index (χ0n) is 15.3.